The number of likely N-dealkylation sites (tertiary alicyclic amines) is 2. The molecule has 0 N–H and O–H groups in total. The Balaban J connectivity index is 0.00000117. The van der Waals surface area contributed by atoms with Crippen molar-refractivity contribution in [1.29, 1.82) is 0 Å². The number of halogens is 2. The quantitative estimate of drug-likeness (QED) is 0.710. The standard InChI is InChI=1S/C19H32F2N2O.C2H6/c1-4-15-5-8-23(13-19(15,20)21)16-11-18(12-16)6-9-22(10-7-18)17(24)14(2)3;1-2/h14-16H,4-13H2,1-3H3;1-2H3. The van der Waals surface area contributed by atoms with E-state index in [0.29, 0.717) is 24.3 Å². The summed E-state index contributed by atoms with van der Waals surface area (Å²) in [5.41, 5.74) is 0.315. The second kappa shape index (κ2) is 8.53. The van der Waals surface area contributed by atoms with Gasteiger partial charge >= 0.3 is 0 Å². The van der Waals surface area contributed by atoms with E-state index in [2.05, 4.69) is 0 Å². The summed E-state index contributed by atoms with van der Waals surface area (Å²) < 4.78 is 28.4. The summed E-state index contributed by atoms with van der Waals surface area (Å²) in [6.07, 6.45) is 5.39. The molecule has 0 aromatic rings. The predicted molar refractivity (Wildman–Crippen MR) is 102 cm³/mol. The molecule has 1 saturated carbocycles. The molecule has 0 bridgehead atoms. The summed E-state index contributed by atoms with van der Waals surface area (Å²) in [4.78, 5) is 16.1. The van der Waals surface area contributed by atoms with Crippen LogP contribution in [0.25, 0.3) is 0 Å². The van der Waals surface area contributed by atoms with E-state index in [4.69, 9.17) is 0 Å². The number of alkyl halides is 2. The third-order valence-corrected chi connectivity index (χ3v) is 6.75. The second-order valence-corrected chi connectivity index (χ2v) is 8.67. The van der Waals surface area contributed by atoms with Crippen LogP contribution in [0.3, 0.4) is 0 Å². The minimum atomic E-state index is -2.52. The molecule has 26 heavy (non-hydrogen) atoms. The summed E-state index contributed by atoms with van der Waals surface area (Å²) in [5, 5.41) is 0. The molecule has 3 nitrogen and oxygen atoms in total. The van der Waals surface area contributed by atoms with E-state index in [1.54, 1.807) is 0 Å². The molecular formula is C21H38F2N2O. The van der Waals surface area contributed by atoms with Crippen LogP contribution in [0.4, 0.5) is 8.78 Å². The summed E-state index contributed by atoms with van der Waals surface area (Å²) >= 11 is 0. The van der Waals surface area contributed by atoms with Crippen molar-refractivity contribution in [1.82, 2.24) is 9.80 Å². The van der Waals surface area contributed by atoms with Crippen LogP contribution < -0.4 is 0 Å². The van der Waals surface area contributed by atoms with Crippen LogP contribution in [0.2, 0.25) is 0 Å². The molecule has 3 aliphatic rings. The van der Waals surface area contributed by atoms with Crippen LogP contribution in [-0.2, 0) is 4.79 Å². The van der Waals surface area contributed by atoms with E-state index >= 15 is 0 Å². The molecule has 0 radical (unpaired) electrons. The van der Waals surface area contributed by atoms with Gasteiger partial charge < -0.3 is 4.90 Å². The second-order valence-electron chi connectivity index (χ2n) is 8.67. The molecule has 5 heteroatoms. The molecule has 1 spiro atoms. The van der Waals surface area contributed by atoms with Gasteiger partial charge in [0.15, 0.2) is 0 Å². The van der Waals surface area contributed by atoms with E-state index < -0.39 is 11.8 Å². The number of carbonyl (C=O) groups is 1. The van der Waals surface area contributed by atoms with Crippen LogP contribution in [0.15, 0.2) is 0 Å². The highest BCUT2D eigenvalue weighted by Gasteiger charge is 2.52. The minimum Gasteiger partial charge on any atom is -0.342 e. The highest BCUT2D eigenvalue weighted by molar-refractivity contribution is 5.78. The summed E-state index contributed by atoms with van der Waals surface area (Å²) in [5.74, 6) is -2.65. The molecule has 2 aliphatic heterocycles. The minimum absolute atomic E-state index is 0.0514. The first-order valence-corrected chi connectivity index (χ1v) is 10.7. The Morgan fingerprint density at radius 3 is 2.15 bits per heavy atom. The molecule has 2 saturated heterocycles. The Labute approximate surface area is 158 Å². The molecule has 3 fully saturated rings. The van der Waals surface area contributed by atoms with Gasteiger partial charge in [-0.3, -0.25) is 9.69 Å². The first-order chi connectivity index (χ1) is 12.3. The van der Waals surface area contributed by atoms with Crippen molar-refractivity contribution >= 4 is 5.91 Å². The Morgan fingerprint density at radius 2 is 1.69 bits per heavy atom. The molecule has 2 heterocycles. The lowest BCUT2D eigenvalue weighted by atomic mass is 9.59. The number of hydrogen-bond donors (Lipinski definition) is 0. The van der Waals surface area contributed by atoms with E-state index in [0.717, 1.165) is 45.3 Å². The lowest BCUT2D eigenvalue weighted by Crippen LogP contribution is -2.60. The Kier molecular flexibility index (Phi) is 7.09. The predicted octanol–water partition coefficient (Wildman–Crippen LogP) is 4.81. The Hall–Kier alpha value is -0.710. The normalized spacial score (nSPS) is 28.5. The van der Waals surface area contributed by atoms with Crippen LogP contribution in [0.1, 0.15) is 73.1 Å². The van der Waals surface area contributed by atoms with Crippen molar-refractivity contribution in [2.75, 3.05) is 26.2 Å². The van der Waals surface area contributed by atoms with E-state index in [-0.39, 0.29) is 18.4 Å². The molecule has 0 aromatic carbocycles. The zero-order chi connectivity index (χ0) is 19.5. The zero-order valence-electron chi connectivity index (χ0n) is 17.4. The van der Waals surface area contributed by atoms with Crippen LogP contribution in [-0.4, -0.2) is 53.9 Å². The fourth-order valence-corrected chi connectivity index (χ4v) is 5.00. The number of amides is 1. The third-order valence-electron chi connectivity index (χ3n) is 6.75. The smallest absolute Gasteiger partial charge is 0.263 e. The fraction of sp³-hybridized carbons (Fsp3) is 0.952. The monoisotopic (exact) mass is 372 g/mol. The van der Waals surface area contributed by atoms with Gasteiger partial charge in [0.25, 0.3) is 5.92 Å². The highest BCUT2D eigenvalue weighted by Crippen LogP contribution is 2.52. The van der Waals surface area contributed by atoms with Crippen LogP contribution >= 0.6 is 0 Å². The maximum atomic E-state index is 14.2. The first-order valence-electron chi connectivity index (χ1n) is 10.7. The largest absolute Gasteiger partial charge is 0.342 e. The molecule has 0 aromatic heterocycles. The number of nitrogens with zero attached hydrogens (tertiary/aromatic N) is 2. The Morgan fingerprint density at radius 1 is 1.12 bits per heavy atom. The lowest BCUT2D eigenvalue weighted by molar-refractivity contribution is -0.150. The van der Waals surface area contributed by atoms with Crippen molar-refractivity contribution < 1.29 is 13.6 Å². The average molecular weight is 373 g/mol. The topological polar surface area (TPSA) is 23.6 Å². The van der Waals surface area contributed by atoms with E-state index in [1.165, 1.54) is 0 Å². The van der Waals surface area contributed by atoms with Gasteiger partial charge in [0.05, 0.1) is 6.54 Å². The summed E-state index contributed by atoms with van der Waals surface area (Å²) in [7, 11) is 0. The molecule has 152 valence electrons. The molecule has 1 aliphatic carbocycles. The lowest BCUT2D eigenvalue weighted by Gasteiger charge is -2.57. The average Bonchev–Trinajstić information content (AvgIpc) is 2.60. The maximum Gasteiger partial charge on any atom is 0.263 e. The van der Waals surface area contributed by atoms with Gasteiger partial charge in [0.2, 0.25) is 5.91 Å². The molecule has 3 rings (SSSR count). The number of rotatable bonds is 3. The zero-order valence-corrected chi connectivity index (χ0v) is 17.4. The molecule has 1 amide bonds. The van der Waals surface area contributed by atoms with E-state index in [9.17, 15) is 13.6 Å². The number of piperidine rings is 2. The van der Waals surface area contributed by atoms with Crippen molar-refractivity contribution in [3.05, 3.63) is 0 Å². The molecule has 1 unspecified atom stereocenters. The SMILES string of the molecule is CC.CCC1CCN(C2CC3(CCN(C(=O)C(C)C)CC3)C2)CC1(F)F. The van der Waals surface area contributed by atoms with Crippen molar-refractivity contribution in [2.24, 2.45) is 17.3 Å². The summed E-state index contributed by atoms with van der Waals surface area (Å²) in [6.45, 7) is 12.2. The number of carbonyl (C=O) groups excluding carboxylic acids is 1. The van der Waals surface area contributed by atoms with Gasteiger partial charge in [0, 0.05) is 31.0 Å². The molecular weight excluding hydrogens is 334 g/mol. The van der Waals surface area contributed by atoms with Crippen LogP contribution in [0.5, 0.6) is 0 Å². The highest BCUT2D eigenvalue weighted by atomic mass is 19.3. The van der Waals surface area contributed by atoms with Crippen LogP contribution in [0, 0.1) is 17.3 Å². The van der Waals surface area contributed by atoms with Gasteiger partial charge in [-0.1, -0.05) is 34.6 Å². The number of hydrogen-bond acceptors (Lipinski definition) is 2. The Bertz CT molecular complexity index is 465. The maximum absolute atomic E-state index is 14.2. The van der Waals surface area contributed by atoms with Gasteiger partial charge in [0.1, 0.15) is 0 Å². The van der Waals surface area contributed by atoms with Gasteiger partial charge in [-0.25, -0.2) is 8.78 Å². The van der Waals surface area contributed by atoms with Gasteiger partial charge in [-0.2, -0.15) is 0 Å². The van der Waals surface area contributed by atoms with E-state index in [1.807, 2.05) is 44.4 Å². The van der Waals surface area contributed by atoms with Crippen molar-refractivity contribution in [2.45, 2.75) is 85.1 Å². The fourth-order valence-electron chi connectivity index (χ4n) is 5.00. The van der Waals surface area contributed by atoms with Crippen molar-refractivity contribution in [3.8, 4) is 0 Å². The van der Waals surface area contributed by atoms with Crippen molar-refractivity contribution in [3.63, 3.8) is 0 Å². The summed E-state index contributed by atoms with van der Waals surface area (Å²) in [6, 6.07) is 0.334. The van der Waals surface area contributed by atoms with Gasteiger partial charge in [-0.15, -0.1) is 0 Å². The third kappa shape index (κ3) is 4.40. The first kappa shape index (κ1) is 21.6. The molecule has 1 atom stereocenters. The van der Waals surface area contributed by atoms with Gasteiger partial charge in [-0.05, 0) is 50.5 Å².